The van der Waals surface area contributed by atoms with Crippen molar-refractivity contribution in [1.82, 2.24) is 57.9 Å². The summed E-state index contributed by atoms with van der Waals surface area (Å²) in [5.41, 5.74) is 1.83. The van der Waals surface area contributed by atoms with Crippen molar-refractivity contribution in [1.29, 1.82) is 0 Å². The van der Waals surface area contributed by atoms with Crippen molar-refractivity contribution in [3.63, 3.8) is 0 Å². The van der Waals surface area contributed by atoms with Crippen molar-refractivity contribution in [2.75, 3.05) is 194 Å². The van der Waals surface area contributed by atoms with Crippen LogP contribution < -0.4 is 4.52 Å². The molecule has 17 nitrogen and oxygen atoms in total. The summed E-state index contributed by atoms with van der Waals surface area (Å²) >= 11 is 0. The molecule has 0 aliphatic carbocycles. The summed E-state index contributed by atoms with van der Waals surface area (Å²) in [6.07, 6.45) is 7.35. The van der Waals surface area contributed by atoms with Crippen LogP contribution in [0.25, 0.3) is 0 Å². The molecule has 0 N–H and O–H groups in total. The minimum atomic E-state index is -5.40. The second kappa shape index (κ2) is 21.7. The maximum atomic E-state index is 8.36. The van der Waals surface area contributed by atoms with Crippen molar-refractivity contribution >= 4 is 61.5 Å². The number of benzene rings is 1. The van der Waals surface area contributed by atoms with Gasteiger partial charge in [0.15, 0.2) is 0 Å². The van der Waals surface area contributed by atoms with Crippen LogP contribution in [0.3, 0.4) is 0 Å². The van der Waals surface area contributed by atoms with E-state index in [0.717, 1.165) is 72.1 Å². The molecule has 4 unspecified atom stereocenters. The van der Waals surface area contributed by atoms with Crippen LogP contribution in [0.15, 0.2) is 49.4 Å². The SMILES string of the molecule is CN(C)P1CCC(N(C)C)(N(C)C)C1=NP(N=C1P(N(C)C)CCC1(N(C)C)N(C)C)(N=C1P(N(C)C)CCC1(N(C)C)N(C)C)(N=C1P(N(C)C)CCC1(N(C)C)N(C)C)Oc1ccccc1. The third-order valence-electron chi connectivity index (χ3n) is 15.0. The molecule has 4 atom stereocenters. The van der Waals surface area contributed by atoms with Gasteiger partial charge in [-0.2, -0.15) is 0 Å². The van der Waals surface area contributed by atoms with Gasteiger partial charge in [-0.05, 0) is 0 Å². The van der Waals surface area contributed by atoms with E-state index in [-0.39, 0.29) is 0 Å². The van der Waals surface area contributed by atoms with Gasteiger partial charge < -0.3 is 0 Å². The predicted octanol–water partition coefficient (Wildman–Crippen LogP) is 6.51. The fraction of sp³-hybridized carbons (Fsp3) is 0.783. The number of hydrogen-bond donors (Lipinski definition) is 0. The van der Waals surface area contributed by atoms with Gasteiger partial charge in [0.2, 0.25) is 0 Å². The van der Waals surface area contributed by atoms with Gasteiger partial charge in [0.1, 0.15) is 0 Å². The summed E-state index contributed by atoms with van der Waals surface area (Å²) in [5.74, 6) is 0.660. The molecule has 4 aliphatic heterocycles. The first kappa shape index (κ1) is 58.3. The van der Waals surface area contributed by atoms with E-state index in [1.807, 2.05) is 0 Å². The Hall–Kier alpha value is -0.630. The van der Waals surface area contributed by atoms with Gasteiger partial charge >= 0.3 is 421 Å². The molecule has 4 aliphatic rings. The van der Waals surface area contributed by atoms with E-state index in [2.05, 4.69) is 257 Å². The van der Waals surface area contributed by atoms with Crippen LogP contribution in [0.2, 0.25) is 0 Å². The van der Waals surface area contributed by atoms with E-state index in [0.29, 0.717) is 5.75 Å². The average Bonchev–Trinajstić information content (AvgIpc) is 4.00. The van der Waals surface area contributed by atoms with E-state index in [1.54, 1.807) is 0 Å². The number of para-hydroxylation sites is 1. The van der Waals surface area contributed by atoms with Crippen LogP contribution in [0.1, 0.15) is 25.7 Å². The average molecular weight is 1040 g/mol. The molecular formula is C46H93N16OP5. The molecule has 0 aromatic heterocycles. The fourth-order valence-electron chi connectivity index (χ4n) is 11.4. The molecule has 388 valence electrons. The molecule has 0 saturated carbocycles. The normalized spacial score (nSPS) is 28.3. The molecule has 68 heavy (non-hydrogen) atoms. The van der Waals surface area contributed by atoms with E-state index >= 15 is 0 Å². The van der Waals surface area contributed by atoms with Crippen LogP contribution in [0, 0.1) is 0 Å². The van der Waals surface area contributed by atoms with E-state index in [4.69, 9.17) is 23.6 Å². The van der Waals surface area contributed by atoms with Gasteiger partial charge in [0, 0.05) is 0 Å². The molecule has 0 radical (unpaired) electrons. The van der Waals surface area contributed by atoms with E-state index < -0.39 is 62.4 Å². The molecule has 1 aromatic rings. The Morgan fingerprint density at radius 2 is 0.559 bits per heavy atom. The van der Waals surface area contributed by atoms with Crippen LogP contribution in [-0.4, -0.2) is 296 Å². The predicted molar refractivity (Wildman–Crippen MR) is 305 cm³/mol. The zero-order valence-electron chi connectivity index (χ0n) is 46.8. The minimum absolute atomic E-state index is 0.591. The molecule has 0 amide bonds. The summed E-state index contributed by atoms with van der Waals surface area (Å²) < 4.78 is 44.8. The first-order chi connectivity index (χ1) is 31.5. The monoisotopic (exact) mass is 1040 g/mol. The van der Waals surface area contributed by atoms with Crippen LogP contribution >= 0.6 is 39.7 Å². The van der Waals surface area contributed by atoms with Gasteiger partial charge in [-0.3, -0.25) is 0 Å². The molecule has 0 spiro atoms. The van der Waals surface area contributed by atoms with Crippen LogP contribution in [0.4, 0.5) is 0 Å². The maximum absolute atomic E-state index is 8.36. The topological polar surface area (TPSA) is 97.5 Å². The Bertz CT molecular complexity index is 1750. The Labute approximate surface area is 419 Å². The molecule has 22 heteroatoms. The Morgan fingerprint density at radius 3 is 0.735 bits per heavy atom. The van der Waals surface area contributed by atoms with E-state index in [1.165, 1.54) is 0 Å². The zero-order chi connectivity index (χ0) is 51.3. The Balaban J connectivity index is 2.39. The second-order valence-corrected chi connectivity index (χ2v) is 33.9. The molecule has 1 aromatic carbocycles. The fourth-order valence-corrected chi connectivity index (χ4v) is 27.6. The molecular weight excluding hydrogens is 947 g/mol. The van der Waals surface area contributed by atoms with Gasteiger partial charge in [-0.25, -0.2) is 0 Å². The van der Waals surface area contributed by atoms with Gasteiger partial charge in [0.05, 0.1) is 0 Å². The third kappa shape index (κ3) is 9.90. The third-order valence-corrected chi connectivity index (χ3v) is 28.6. The van der Waals surface area contributed by atoms with Crippen molar-refractivity contribution in [3.05, 3.63) is 30.3 Å². The summed E-state index contributed by atoms with van der Waals surface area (Å²) in [6.45, 7) is 0. The van der Waals surface area contributed by atoms with Crippen LogP contribution in [-0.2, 0) is 0 Å². The Morgan fingerprint density at radius 1 is 0.353 bits per heavy atom. The summed E-state index contributed by atoms with van der Waals surface area (Å²) in [5, 5.41) is 0. The first-order valence-corrected chi connectivity index (χ1v) is 31.8. The van der Waals surface area contributed by atoms with Gasteiger partial charge in [-0.1, -0.05) is 0 Å². The molecule has 0 bridgehead atoms. The van der Waals surface area contributed by atoms with Gasteiger partial charge in [-0.15, -0.1) is 0 Å². The molecule has 4 fully saturated rings. The zero-order valence-corrected chi connectivity index (χ0v) is 51.3. The van der Waals surface area contributed by atoms with Crippen molar-refractivity contribution < 1.29 is 4.52 Å². The van der Waals surface area contributed by atoms with Gasteiger partial charge in [0.25, 0.3) is 0 Å². The quantitative estimate of drug-likeness (QED) is 0.118. The van der Waals surface area contributed by atoms with Crippen molar-refractivity contribution in [2.24, 2.45) is 19.1 Å². The Kier molecular flexibility index (Phi) is 18.6. The summed E-state index contributed by atoms with van der Waals surface area (Å²) in [4.78, 5) is 19.0. The van der Waals surface area contributed by atoms with E-state index in [9.17, 15) is 0 Å². The molecule has 5 rings (SSSR count). The molecule has 4 saturated heterocycles. The van der Waals surface area contributed by atoms with Crippen molar-refractivity contribution in [2.45, 2.75) is 48.3 Å². The number of rotatable bonds is 18. The van der Waals surface area contributed by atoms with Crippen molar-refractivity contribution in [3.8, 4) is 5.75 Å². The number of nitrogens with zero attached hydrogens (tertiary/aromatic N) is 16. The number of hydrogen-bond acceptors (Lipinski definition) is 17. The summed E-state index contributed by atoms with van der Waals surface area (Å²) in [7, 11) is 43.8. The van der Waals surface area contributed by atoms with Crippen LogP contribution in [0.5, 0.6) is 5.75 Å². The second-order valence-electron chi connectivity index (χ2n) is 21.3. The first-order valence-electron chi connectivity index (χ1n) is 23.9. The molecule has 4 heterocycles. The standard InChI is InChI=1S/C46H93N16OP5/c1-51(2)43(52(3)4)30-34-64(59(17)18)39(43)47-68(63-38-28-26-25-27-29-38,48-40-44(53(5)6,54(7)8)31-35-65(40)60(19)20,49-41-45(55(9)10,56(11)12)32-36-66(41)61(21)22)50-42-46(57(13)14,58(15)16)33-37-67(42)62(23)24/h25-29H,30-37H2,1-24H3. The summed E-state index contributed by atoms with van der Waals surface area (Å²) in [6, 6.07) is 10.4.